The van der Waals surface area contributed by atoms with E-state index < -0.39 is 0 Å². The third kappa shape index (κ3) is 1.47. The van der Waals surface area contributed by atoms with E-state index in [0.29, 0.717) is 8.96 Å². The maximum atomic E-state index is 5.19. The number of nitrogens with zero attached hydrogens (tertiary/aromatic N) is 3. The third-order valence-corrected chi connectivity index (χ3v) is 2.36. The first-order valence-electron chi connectivity index (χ1n) is 3.39. The zero-order valence-corrected chi connectivity index (χ0v) is 6.90. The van der Waals surface area contributed by atoms with Crippen LogP contribution < -0.4 is 4.67 Å². The monoisotopic (exact) mass is 169 g/mol. The lowest BCUT2D eigenvalue weighted by atomic mass is 10.6. The van der Waals surface area contributed by atoms with Crippen LogP contribution in [0.15, 0.2) is 18.5 Å². The van der Waals surface area contributed by atoms with Crippen LogP contribution in [0.1, 0.15) is 0 Å². The predicted octanol–water partition coefficient (Wildman–Crippen LogP) is 0.822. The molecular weight excluding hydrogens is 161 g/mol. The highest BCUT2D eigenvalue weighted by Gasteiger charge is 2.14. The Labute approximate surface area is 66.5 Å². The van der Waals surface area contributed by atoms with Gasteiger partial charge in [0.2, 0.25) is 5.95 Å². The van der Waals surface area contributed by atoms with Crippen LogP contribution in [0.4, 0.5) is 5.95 Å². The minimum Gasteiger partial charge on any atom is -0.339 e. The summed E-state index contributed by atoms with van der Waals surface area (Å²) in [7, 11) is 0.386. The van der Waals surface area contributed by atoms with Gasteiger partial charge in [-0.2, -0.15) is 0 Å². The van der Waals surface area contributed by atoms with E-state index >= 15 is 0 Å². The van der Waals surface area contributed by atoms with Gasteiger partial charge in [-0.1, -0.05) is 0 Å². The van der Waals surface area contributed by atoms with Crippen molar-refractivity contribution in [1.29, 1.82) is 0 Å². The van der Waals surface area contributed by atoms with E-state index in [0.717, 1.165) is 19.1 Å². The van der Waals surface area contributed by atoms with Gasteiger partial charge in [0.15, 0.2) is 0 Å². The van der Waals surface area contributed by atoms with Gasteiger partial charge in [0.05, 0.1) is 13.2 Å². The topological polar surface area (TPSA) is 38.2 Å². The van der Waals surface area contributed by atoms with Crippen molar-refractivity contribution in [2.75, 3.05) is 17.8 Å². The maximum Gasteiger partial charge on any atom is 0.230 e. The molecule has 0 radical (unpaired) electrons. The molecule has 5 heteroatoms. The van der Waals surface area contributed by atoms with Gasteiger partial charge < -0.3 is 4.52 Å². The second-order valence-corrected chi connectivity index (χ2v) is 3.15. The number of hydrogen-bond donors (Lipinski definition) is 0. The lowest BCUT2D eigenvalue weighted by molar-refractivity contribution is 0.408. The fourth-order valence-corrected chi connectivity index (χ4v) is 1.60. The maximum absolute atomic E-state index is 5.19. The third-order valence-electron chi connectivity index (χ3n) is 1.39. The molecule has 11 heavy (non-hydrogen) atoms. The van der Waals surface area contributed by atoms with Crippen LogP contribution in [0.3, 0.4) is 0 Å². The second kappa shape index (κ2) is 3.11. The molecule has 2 rings (SSSR count). The van der Waals surface area contributed by atoms with Crippen LogP contribution in [-0.2, 0) is 4.52 Å². The molecule has 0 aromatic carbocycles. The van der Waals surface area contributed by atoms with E-state index in [-0.39, 0.29) is 0 Å². The molecule has 1 aromatic rings. The average Bonchev–Trinajstić information content (AvgIpc) is 2.58. The Hall–Kier alpha value is -0.730. The van der Waals surface area contributed by atoms with Gasteiger partial charge in [-0.25, -0.2) is 9.97 Å². The number of hydrogen-bond acceptors (Lipinski definition) is 4. The van der Waals surface area contributed by atoms with Crippen molar-refractivity contribution in [3.63, 3.8) is 0 Å². The van der Waals surface area contributed by atoms with Crippen molar-refractivity contribution in [3.8, 4) is 0 Å². The molecule has 0 amide bonds. The van der Waals surface area contributed by atoms with Crippen molar-refractivity contribution >= 4 is 14.9 Å². The standard InChI is InChI=1S/C6H8N3OP/c1-2-7-6(8-3-1)9-4-5-10-11-9/h1-3,11H,4-5H2. The SMILES string of the molecule is c1cnc(N2CCOP2)nc1. The number of rotatable bonds is 1. The van der Waals surface area contributed by atoms with Gasteiger partial charge in [-0.05, 0) is 6.07 Å². The zero-order valence-electron chi connectivity index (χ0n) is 5.90. The second-order valence-electron chi connectivity index (χ2n) is 2.14. The van der Waals surface area contributed by atoms with Crippen LogP contribution in [-0.4, -0.2) is 23.1 Å². The van der Waals surface area contributed by atoms with Crippen LogP contribution in [0.25, 0.3) is 0 Å². The minimum atomic E-state index is 0.386. The normalized spacial score (nSPS) is 19.5. The Morgan fingerprint density at radius 3 is 2.91 bits per heavy atom. The summed E-state index contributed by atoms with van der Waals surface area (Å²) < 4.78 is 7.21. The molecule has 0 saturated carbocycles. The van der Waals surface area contributed by atoms with Crippen LogP contribution in [0.5, 0.6) is 0 Å². The highest BCUT2D eigenvalue weighted by Crippen LogP contribution is 2.28. The Balaban J connectivity index is 2.16. The molecule has 1 saturated heterocycles. The Morgan fingerprint density at radius 1 is 1.45 bits per heavy atom. The summed E-state index contributed by atoms with van der Waals surface area (Å²) in [5, 5.41) is 0. The Kier molecular flexibility index (Phi) is 1.97. The summed E-state index contributed by atoms with van der Waals surface area (Å²) in [5.41, 5.74) is 0. The highest BCUT2D eigenvalue weighted by atomic mass is 31.1. The summed E-state index contributed by atoms with van der Waals surface area (Å²) in [6.07, 6.45) is 3.48. The summed E-state index contributed by atoms with van der Waals surface area (Å²) in [5.74, 6) is 0.767. The Morgan fingerprint density at radius 2 is 2.27 bits per heavy atom. The molecular formula is C6H8N3OP. The van der Waals surface area contributed by atoms with Gasteiger partial charge in [0.25, 0.3) is 0 Å². The molecule has 0 bridgehead atoms. The largest absolute Gasteiger partial charge is 0.339 e. The summed E-state index contributed by atoms with van der Waals surface area (Å²) in [4.78, 5) is 8.20. The van der Waals surface area contributed by atoms with E-state index in [1.54, 1.807) is 12.4 Å². The lowest BCUT2D eigenvalue weighted by Gasteiger charge is -2.10. The molecule has 1 atom stereocenters. The van der Waals surface area contributed by atoms with Crippen molar-refractivity contribution < 1.29 is 4.52 Å². The van der Waals surface area contributed by atoms with Gasteiger partial charge >= 0.3 is 0 Å². The van der Waals surface area contributed by atoms with Gasteiger partial charge in [-0.3, -0.25) is 4.67 Å². The van der Waals surface area contributed by atoms with Crippen LogP contribution in [0.2, 0.25) is 0 Å². The van der Waals surface area contributed by atoms with E-state index in [9.17, 15) is 0 Å². The molecule has 0 N–H and O–H groups in total. The van der Waals surface area contributed by atoms with E-state index in [2.05, 4.69) is 9.97 Å². The van der Waals surface area contributed by atoms with Gasteiger partial charge in [0, 0.05) is 12.4 Å². The smallest absolute Gasteiger partial charge is 0.230 e. The Bertz CT molecular complexity index is 225. The first kappa shape index (κ1) is 6.95. The molecule has 1 fully saturated rings. The summed E-state index contributed by atoms with van der Waals surface area (Å²) in [6, 6.07) is 1.81. The van der Waals surface area contributed by atoms with E-state index in [1.807, 2.05) is 10.7 Å². The van der Waals surface area contributed by atoms with Gasteiger partial charge in [0.1, 0.15) is 8.96 Å². The molecule has 2 heterocycles. The molecule has 4 nitrogen and oxygen atoms in total. The summed E-state index contributed by atoms with van der Waals surface area (Å²) >= 11 is 0. The molecule has 1 aliphatic rings. The quantitative estimate of drug-likeness (QED) is 0.583. The molecule has 58 valence electrons. The fourth-order valence-electron chi connectivity index (χ4n) is 0.878. The zero-order chi connectivity index (χ0) is 7.52. The van der Waals surface area contributed by atoms with Crippen LogP contribution in [0, 0.1) is 0 Å². The minimum absolute atomic E-state index is 0.386. The number of aromatic nitrogens is 2. The molecule has 1 unspecified atom stereocenters. The highest BCUT2D eigenvalue weighted by molar-refractivity contribution is 7.34. The van der Waals surface area contributed by atoms with Crippen molar-refractivity contribution in [2.24, 2.45) is 0 Å². The van der Waals surface area contributed by atoms with Crippen molar-refractivity contribution in [1.82, 2.24) is 9.97 Å². The molecule has 0 aliphatic carbocycles. The van der Waals surface area contributed by atoms with Crippen LogP contribution >= 0.6 is 8.96 Å². The molecule has 1 aliphatic heterocycles. The van der Waals surface area contributed by atoms with E-state index in [1.165, 1.54) is 0 Å². The van der Waals surface area contributed by atoms with Crippen molar-refractivity contribution in [2.45, 2.75) is 0 Å². The van der Waals surface area contributed by atoms with E-state index in [4.69, 9.17) is 4.52 Å². The lowest BCUT2D eigenvalue weighted by Crippen LogP contribution is -2.12. The molecule has 1 aromatic heterocycles. The van der Waals surface area contributed by atoms with Crippen molar-refractivity contribution in [3.05, 3.63) is 18.5 Å². The number of anilines is 1. The first-order valence-corrected chi connectivity index (χ1v) is 4.24. The summed E-state index contributed by atoms with van der Waals surface area (Å²) in [6.45, 7) is 1.69. The molecule has 0 spiro atoms. The fraction of sp³-hybridized carbons (Fsp3) is 0.333. The average molecular weight is 169 g/mol. The predicted molar refractivity (Wildman–Crippen MR) is 43.6 cm³/mol. The van der Waals surface area contributed by atoms with Gasteiger partial charge in [-0.15, -0.1) is 0 Å². The first-order chi connectivity index (χ1) is 5.47.